The molecule has 0 saturated carbocycles. The predicted molar refractivity (Wildman–Crippen MR) is 84.1 cm³/mol. The van der Waals surface area contributed by atoms with Crippen LogP contribution in [-0.2, 0) is 4.74 Å². The number of imidazole rings is 1. The van der Waals surface area contributed by atoms with Crippen molar-refractivity contribution in [2.75, 3.05) is 6.54 Å². The van der Waals surface area contributed by atoms with Crippen LogP contribution in [0.4, 0.5) is 4.79 Å². The second-order valence-corrected chi connectivity index (χ2v) is 5.88. The third kappa shape index (κ3) is 4.63. The summed E-state index contributed by atoms with van der Waals surface area (Å²) in [5.74, 6) is 0.901. The molecule has 2 N–H and O–H groups in total. The maximum Gasteiger partial charge on any atom is 0.407 e. The number of hydrogen-bond donors (Lipinski definition) is 2. The number of nitrogens with zero attached hydrogens (tertiary/aromatic N) is 1. The van der Waals surface area contributed by atoms with Gasteiger partial charge in [0.1, 0.15) is 11.4 Å². The molecule has 5 heteroatoms. The van der Waals surface area contributed by atoms with Crippen LogP contribution in [0.5, 0.6) is 0 Å². The van der Waals surface area contributed by atoms with Crippen LogP contribution in [-0.4, -0.2) is 28.2 Å². The zero-order valence-electron chi connectivity index (χ0n) is 12.9. The number of nitrogens with one attached hydrogen (secondary N) is 2. The molecule has 0 spiro atoms. The summed E-state index contributed by atoms with van der Waals surface area (Å²) >= 11 is 0. The molecule has 0 aliphatic rings. The Morgan fingerprint density at radius 2 is 2.19 bits per heavy atom. The van der Waals surface area contributed by atoms with E-state index in [1.165, 1.54) is 0 Å². The minimum atomic E-state index is -0.475. The van der Waals surface area contributed by atoms with Gasteiger partial charge < -0.3 is 15.0 Å². The van der Waals surface area contributed by atoms with Crippen molar-refractivity contribution in [2.24, 2.45) is 0 Å². The number of aromatic amines is 1. The van der Waals surface area contributed by atoms with E-state index in [1.807, 2.05) is 58.0 Å². The van der Waals surface area contributed by atoms with Crippen LogP contribution in [0, 0.1) is 6.92 Å². The molecule has 21 heavy (non-hydrogen) atoms. The molecule has 2 aromatic rings. The molecule has 0 unspecified atom stereocenters. The Morgan fingerprint density at radius 1 is 1.43 bits per heavy atom. The number of hydrogen-bond acceptors (Lipinski definition) is 3. The number of alkyl carbamates (subject to hydrolysis) is 1. The number of H-pyrrole nitrogens is 1. The van der Waals surface area contributed by atoms with Gasteiger partial charge in [-0.05, 0) is 45.4 Å². The van der Waals surface area contributed by atoms with Crippen molar-refractivity contribution in [3.05, 3.63) is 35.7 Å². The third-order valence-electron chi connectivity index (χ3n) is 2.70. The number of benzene rings is 1. The van der Waals surface area contributed by atoms with Crippen molar-refractivity contribution < 1.29 is 9.53 Å². The largest absolute Gasteiger partial charge is 0.444 e. The van der Waals surface area contributed by atoms with E-state index in [-0.39, 0.29) is 0 Å². The number of fused-ring (bicyclic) bond motifs is 1. The summed E-state index contributed by atoms with van der Waals surface area (Å²) in [7, 11) is 0. The number of ether oxygens (including phenoxy) is 1. The molecule has 0 saturated heterocycles. The molecule has 0 fully saturated rings. The summed E-state index contributed by atoms with van der Waals surface area (Å²) in [6.07, 6.45) is 3.42. The zero-order valence-corrected chi connectivity index (χ0v) is 12.9. The molecular weight excluding hydrogens is 266 g/mol. The molecule has 0 atom stereocenters. The van der Waals surface area contributed by atoms with Gasteiger partial charge in [0.15, 0.2) is 0 Å². The molecule has 1 aromatic heterocycles. The highest BCUT2D eigenvalue weighted by Gasteiger charge is 2.14. The normalized spacial score (nSPS) is 12.0. The summed E-state index contributed by atoms with van der Waals surface area (Å²) in [6, 6.07) is 5.99. The Morgan fingerprint density at radius 3 is 2.90 bits per heavy atom. The average Bonchev–Trinajstić information content (AvgIpc) is 2.71. The van der Waals surface area contributed by atoms with Crippen molar-refractivity contribution in [2.45, 2.75) is 33.3 Å². The topological polar surface area (TPSA) is 67.0 Å². The van der Waals surface area contributed by atoms with Crippen molar-refractivity contribution >= 4 is 23.2 Å². The Balaban J connectivity index is 1.89. The lowest BCUT2D eigenvalue weighted by Gasteiger charge is -2.19. The minimum Gasteiger partial charge on any atom is -0.444 e. The van der Waals surface area contributed by atoms with Crippen LogP contribution in [0.3, 0.4) is 0 Å². The summed E-state index contributed by atoms with van der Waals surface area (Å²) in [5.41, 5.74) is 2.54. The lowest BCUT2D eigenvalue weighted by Crippen LogP contribution is -2.32. The molecule has 112 valence electrons. The van der Waals surface area contributed by atoms with Crippen molar-refractivity contribution in [1.29, 1.82) is 0 Å². The van der Waals surface area contributed by atoms with Gasteiger partial charge in [0.25, 0.3) is 0 Å². The van der Waals surface area contributed by atoms with Crippen LogP contribution in [0.1, 0.15) is 32.2 Å². The number of rotatable bonds is 3. The van der Waals surface area contributed by atoms with Crippen LogP contribution >= 0.6 is 0 Å². The molecule has 5 nitrogen and oxygen atoms in total. The second kappa shape index (κ2) is 5.99. The Bertz CT molecular complexity index is 666. The number of aryl methyl sites for hydroxylation is 1. The van der Waals surface area contributed by atoms with Crippen LogP contribution < -0.4 is 5.32 Å². The first-order valence-corrected chi connectivity index (χ1v) is 6.93. The first-order chi connectivity index (χ1) is 9.83. The molecule has 2 rings (SSSR count). The van der Waals surface area contributed by atoms with Gasteiger partial charge in [-0.15, -0.1) is 0 Å². The predicted octanol–water partition coefficient (Wildman–Crippen LogP) is 3.41. The summed E-state index contributed by atoms with van der Waals surface area (Å²) in [5, 5.41) is 2.68. The van der Waals surface area contributed by atoms with Crippen molar-refractivity contribution in [1.82, 2.24) is 15.3 Å². The lowest BCUT2D eigenvalue weighted by molar-refractivity contribution is 0.0534. The van der Waals surface area contributed by atoms with Crippen LogP contribution in [0.15, 0.2) is 24.3 Å². The number of carbonyl (C=O) groups excluding carboxylic acids is 1. The molecule has 1 heterocycles. The van der Waals surface area contributed by atoms with Gasteiger partial charge in [-0.3, -0.25) is 0 Å². The van der Waals surface area contributed by atoms with Gasteiger partial charge >= 0.3 is 6.09 Å². The van der Waals surface area contributed by atoms with E-state index in [9.17, 15) is 4.79 Å². The molecule has 0 bridgehead atoms. The van der Waals surface area contributed by atoms with Gasteiger partial charge in [0.05, 0.1) is 11.0 Å². The number of aromatic nitrogens is 2. The Labute approximate surface area is 124 Å². The Hall–Kier alpha value is -2.30. The van der Waals surface area contributed by atoms with Gasteiger partial charge in [0.2, 0.25) is 0 Å². The molecule has 0 aliphatic heterocycles. The maximum atomic E-state index is 11.5. The van der Waals surface area contributed by atoms with Gasteiger partial charge in [-0.25, -0.2) is 9.78 Å². The molecule has 0 aliphatic carbocycles. The first kappa shape index (κ1) is 15.1. The van der Waals surface area contributed by atoms with Crippen molar-refractivity contribution in [3.63, 3.8) is 0 Å². The fourth-order valence-corrected chi connectivity index (χ4v) is 1.91. The van der Waals surface area contributed by atoms with Crippen LogP contribution in [0.2, 0.25) is 0 Å². The molecular formula is C16H21N3O2. The highest BCUT2D eigenvalue weighted by atomic mass is 16.6. The van der Waals surface area contributed by atoms with Gasteiger partial charge in [0, 0.05) is 6.54 Å². The van der Waals surface area contributed by atoms with Crippen LogP contribution in [0.25, 0.3) is 17.1 Å². The summed E-state index contributed by atoms with van der Waals surface area (Å²) in [6.45, 7) is 7.87. The Kier molecular flexibility index (Phi) is 4.31. The van der Waals surface area contributed by atoms with E-state index in [0.717, 1.165) is 22.4 Å². The second-order valence-electron chi connectivity index (χ2n) is 5.88. The van der Waals surface area contributed by atoms with E-state index >= 15 is 0 Å². The van der Waals surface area contributed by atoms with Gasteiger partial charge in [-0.1, -0.05) is 18.2 Å². The van der Waals surface area contributed by atoms with E-state index in [0.29, 0.717) is 6.54 Å². The third-order valence-corrected chi connectivity index (χ3v) is 2.70. The summed E-state index contributed by atoms with van der Waals surface area (Å²) in [4.78, 5) is 19.0. The lowest BCUT2D eigenvalue weighted by atomic mass is 10.2. The SMILES string of the molecule is Cc1nc2ccc(C=CCNC(=O)OC(C)(C)C)cc2[nH]1. The van der Waals surface area contributed by atoms with E-state index in [4.69, 9.17) is 4.74 Å². The van der Waals surface area contributed by atoms with E-state index < -0.39 is 11.7 Å². The quantitative estimate of drug-likeness (QED) is 0.909. The smallest absolute Gasteiger partial charge is 0.407 e. The highest BCUT2D eigenvalue weighted by molar-refractivity contribution is 5.78. The fourth-order valence-electron chi connectivity index (χ4n) is 1.91. The van der Waals surface area contributed by atoms with Crippen molar-refractivity contribution in [3.8, 4) is 0 Å². The average molecular weight is 287 g/mol. The monoisotopic (exact) mass is 287 g/mol. The summed E-state index contributed by atoms with van der Waals surface area (Å²) < 4.78 is 5.15. The zero-order chi connectivity index (χ0) is 15.5. The molecule has 1 amide bonds. The number of carbonyl (C=O) groups is 1. The maximum absolute atomic E-state index is 11.5. The standard InChI is InChI=1S/C16H21N3O2/c1-11-18-13-8-7-12(10-14(13)19-11)6-5-9-17-15(20)21-16(2,3)4/h5-8,10H,9H2,1-4H3,(H,17,20)(H,18,19). The first-order valence-electron chi connectivity index (χ1n) is 6.93. The minimum absolute atomic E-state index is 0.410. The van der Waals surface area contributed by atoms with E-state index in [1.54, 1.807) is 0 Å². The van der Waals surface area contributed by atoms with Gasteiger partial charge in [-0.2, -0.15) is 0 Å². The van der Waals surface area contributed by atoms with E-state index in [2.05, 4.69) is 15.3 Å². The number of amides is 1. The molecule has 0 radical (unpaired) electrons. The fraction of sp³-hybridized carbons (Fsp3) is 0.375. The molecule has 1 aromatic carbocycles. The highest BCUT2D eigenvalue weighted by Crippen LogP contribution is 2.14.